The summed E-state index contributed by atoms with van der Waals surface area (Å²) in [7, 11) is 0. The van der Waals surface area contributed by atoms with Crippen molar-refractivity contribution in [2.24, 2.45) is 0 Å². The van der Waals surface area contributed by atoms with E-state index in [0.717, 1.165) is 18.8 Å². The second-order valence-electron chi connectivity index (χ2n) is 4.40. The Morgan fingerprint density at radius 3 is 3.06 bits per heavy atom. The second kappa shape index (κ2) is 5.37. The van der Waals surface area contributed by atoms with Crippen LogP contribution in [0.5, 0.6) is 0 Å². The van der Waals surface area contributed by atoms with Crippen LogP contribution < -0.4 is 4.90 Å². The molecule has 0 saturated carbocycles. The van der Waals surface area contributed by atoms with Crippen molar-refractivity contribution < 1.29 is 0 Å². The van der Waals surface area contributed by atoms with Gasteiger partial charge in [-0.05, 0) is 37.8 Å². The Hall–Kier alpha value is -1.27. The molecule has 3 nitrogen and oxygen atoms in total. The van der Waals surface area contributed by atoms with Crippen LogP contribution >= 0.6 is 11.6 Å². The SMILES string of the molecule is CCC1CCCCN1c1cc(C#N)cc(Cl)n1. The maximum Gasteiger partial charge on any atom is 0.132 e. The van der Waals surface area contributed by atoms with Gasteiger partial charge in [-0.25, -0.2) is 4.98 Å². The van der Waals surface area contributed by atoms with Gasteiger partial charge >= 0.3 is 0 Å². The summed E-state index contributed by atoms with van der Waals surface area (Å²) < 4.78 is 0. The molecule has 17 heavy (non-hydrogen) atoms. The van der Waals surface area contributed by atoms with Crippen molar-refractivity contribution in [1.29, 1.82) is 5.26 Å². The minimum Gasteiger partial charge on any atom is -0.354 e. The number of piperidine rings is 1. The van der Waals surface area contributed by atoms with Gasteiger partial charge in [0.1, 0.15) is 11.0 Å². The van der Waals surface area contributed by atoms with E-state index in [1.165, 1.54) is 19.3 Å². The molecule has 0 amide bonds. The molecule has 2 heterocycles. The number of hydrogen-bond acceptors (Lipinski definition) is 3. The lowest BCUT2D eigenvalue weighted by molar-refractivity contribution is 0.447. The molecular formula is C13H16ClN3. The maximum absolute atomic E-state index is 8.95. The van der Waals surface area contributed by atoms with E-state index in [1.54, 1.807) is 6.07 Å². The highest BCUT2D eigenvalue weighted by molar-refractivity contribution is 6.29. The highest BCUT2D eigenvalue weighted by Crippen LogP contribution is 2.26. The predicted octanol–water partition coefficient (Wildman–Crippen LogP) is 3.38. The van der Waals surface area contributed by atoms with Crippen LogP contribution in [0.1, 0.15) is 38.2 Å². The molecule has 0 spiro atoms. The molecule has 90 valence electrons. The van der Waals surface area contributed by atoms with Gasteiger partial charge in [-0.3, -0.25) is 0 Å². The van der Waals surface area contributed by atoms with Crippen LogP contribution in [-0.2, 0) is 0 Å². The first-order valence-corrected chi connectivity index (χ1v) is 6.46. The lowest BCUT2D eigenvalue weighted by Gasteiger charge is -2.36. The van der Waals surface area contributed by atoms with Crippen LogP contribution in [0.25, 0.3) is 0 Å². The van der Waals surface area contributed by atoms with E-state index in [0.29, 0.717) is 16.8 Å². The Balaban J connectivity index is 2.31. The lowest BCUT2D eigenvalue weighted by atomic mass is 10.00. The van der Waals surface area contributed by atoms with Crippen molar-refractivity contribution in [3.8, 4) is 6.07 Å². The Morgan fingerprint density at radius 2 is 2.35 bits per heavy atom. The van der Waals surface area contributed by atoms with Gasteiger partial charge in [-0.1, -0.05) is 18.5 Å². The van der Waals surface area contributed by atoms with Gasteiger partial charge in [0.2, 0.25) is 0 Å². The van der Waals surface area contributed by atoms with E-state index in [-0.39, 0.29) is 0 Å². The van der Waals surface area contributed by atoms with Gasteiger partial charge < -0.3 is 4.90 Å². The van der Waals surface area contributed by atoms with Gasteiger partial charge in [-0.2, -0.15) is 5.26 Å². The Kier molecular flexibility index (Phi) is 3.86. The zero-order valence-electron chi connectivity index (χ0n) is 9.99. The third-order valence-corrected chi connectivity index (χ3v) is 3.50. The van der Waals surface area contributed by atoms with Gasteiger partial charge in [0, 0.05) is 12.6 Å². The molecular weight excluding hydrogens is 234 g/mol. The summed E-state index contributed by atoms with van der Waals surface area (Å²) >= 11 is 5.95. The zero-order valence-corrected chi connectivity index (χ0v) is 10.7. The van der Waals surface area contributed by atoms with Crippen LogP contribution in [0.2, 0.25) is 5.15 Å². The van der Waals surface area contributed by atoms with Crippen molar-refractivity contribution in [3.05, 3.63) is 22.8 Å². The fourth-order valence-corrected chi connectivity index (χ4v) is 2.63. The van der Waals surface area contributed by atoms with Crippen molar-refractivity contribution in [3.63, 3.8) is 0 Å². The first-order chi connectivity index (χ1) is 8.24. The fourth-order valence-electron chi connectivity index (χ4n) is 2.42. The van der Waals surface area contributed by atoms with Gasteiger partial charge in [0.25, 0.3) is 0 Å². The molecule has 1 aromatic rings. The minimum atomic E-state index is 0.402. The molecule has 1 aliphatic rings. The van der Waals surface area contributed by atoms with Crippen LogP contribution in [-0.4, -0.2) is 17.6 Å². The quantitative estimate of drug-likeness (QED) is 0.755. The normalized spacial score (nSPS) is 20.1. The molecule has 1 aliphatic heterocycles. The first-order valence-electron chi connectivity index (χ1n) is 6.09. The number of pyridine rings is 1. The Morgan fingerprint density at radius 1 is 1.53 bits per heavy atom. The number of nitrogens with zero attached hydrogens (tertiary/aromatic N) is 3. The third kappa shape index (κ3) is 2.70. The molecule has 0 bridgehead atoms. The maximum atomic E-state index is 8.95. The standard InChI is InChI=1S/C13H16ClN3/c1-2-11-5-3-4-6-17(11)13-8-10(9-15)7-12(14)16-13/h7-8,11H,2-6H2,1H3. The molecule has 4 heteroatoms. The van der Waals surface area contributed by atoms with Crippen molar-refractivity contribution in [2.45, 2.75) is 38.6 Å². The summed E-state index contributed by atoms with van der Waals surface area (Å²) in [6, 6.07) is 6.10. The highest BCUT2D eigenvalue weighted by atomic mass is 35.5. The summed E-state index contributed by atoms with van der Waals surface area (Å²) in [6.45, 7) is 3.20. The van der Waals surface area contributed by atoms with Gasteiger partial charge in [-0.15, -0.1) is 0 Å². The number of rotatable bonds is 2. The molecule has 1 saturated heterocycles. The Bertz CT molecular complexity index is 439. The predicted molar refractivity (Wildman–Crippen MR) is 69.2 cm³/mol. The zero-order chi connectivity index (χ0) is 12.3. The topological polar surface area (TPSA) is 39.9 Å². The fraction of sp³-hybridized carbons (Fsp3) is 0.538. The van der Waals surface area contributed by atoms with E-state index < -0.39 is 0 Å². The summed E-state index contributed by atoms with van der Waals surface area (Å²) in [6.07, 6.45) is 4.77. The minimum absolute atomic E-state index is 0.402. The van der Waals surface area contributed by atoms with Crippen molar-refractivity contribution >= 4 is 17.4 Å². The number of aromatic nitrogens is 1. The summed E-state index contributed by atoms with van der Waals surface area (Å²) in [5.74, 6) is 0.848. The van der Waals surface area contributed by atoms with E-state index in [1.807, 2.05) is 6.07 Å². The van der Waals surface area contributed by atoms with Crippen molar-refractivity contribution in [1.82, 2.24) is 4.98 Å². The van der Waals surface area contributed by atoms with Gasteiger partial charge in [0.05, 0.1) is 11.6 Å². The summed E-state index contributed by atoms with van der Waals surface area (Å²) in [5, 5.41) is 9.36. The average molecular weight is 250 g/mol. The number of halogens is 1. The lowest BCUT2D eigenvalue weighted by Crippen LogP contribution is -2.39. The molecule has 0 radical (unpaired) electrons. The number of nitriles is 1. The summed E-state index contributed by atoms with van der Waals surface area (Å²) in [4.78, 5) is 6.63. The van der Waals surface area contributed by atoms with Crippen LogP contribution in [0.15, 0.2) is 12.1 Å². The molecule has 2 rings (SSSR count). The molecule has 1 unspecified atom stereocenters. The molecule has 1 atom stereocenters. The molecule has 0 aromatic carbocycles. The summed E-state index contributed by atoms with van der Waals surface area (Å²) in [5.41, 5.74) is 0.584. The van der Waals surface area contributed by atoms with Crippen LogP contribution in [0.3, 0.4) is 0 Å². The number of anilines is 1. The average Bonchev–Trinajstić information content (AvgIpc) is 2.37. The first kappa shape index (κ1) is 12.2. The van der Waals surface area contributed by atoms with E-state index >= 15 is 0 Å². The largest absolute Gasteiger partial charge is 0.354 e. The monoisotopic (exact) mass is 249 g/mol. The van der Waals surface area contributed by atoms with Crippen LogP contribution in [0, 0.1) is 11.3 Å². The van der Waals surface area contributed by atoms with E-state index in [2.05, 4.69) is 22.9 Å². The number of hydrogen-bond donors (Lipinski definition) is 0. The third-order valence-electron chi connectivity index (χ3n) is 3.30. The van der Waals surface area contributed by atoms with Gasteiger partial charge in [0.15, 0.2) is 0 Å². The van der Waals surface area contributed by atoms with Crippen molar-refractivity contribution in [2.75, 3.05) is 11.4 Å². The Labute approximate surface area is 107 Å². The molecule has 0 aliphatic carbocycles. The molecule has 1 fully saturated rings. The molecule has 1 aromatic heterocycles. The van der Waals surface area contributed by atoms with E-state index in [9.17, 15) is 0 Å². The van der Waals surface area contributed by atoms with E-state index in [4.69, 9.17) is 16.9 Å². The van der Waals surface area contributed by atoms with Crippen LogP contribution in [0.4, 0.5) is 5.82 Å². The highest BCUT2D eigenvalue weighted by Gasteiger charge is 2.22. The smallest absolute Gasteiger partial charge is 0.132 e. The second-order valence-corrected chi connectivity index (χ2v) is 4.79. The molecule has 0 N–H and O–H groups in total.